The summed E-state index contributed by atoms with van der Waals surface area (Å²) in [5.74, 6) is 0.256. The maximum Gasteiger partial charge on any atom is 0.282 e. The van der Waals surface area contributed by atoms with Gasteiger partial charge >= 0.3 is 0 Å². The number of rotatable bonds is 7. The largest absolute Gasteiger partial charge is 0.282 e. The zero-order valence-electron chi connectivity index (χ0n) is 24.5. The van der Waals surface area contributed by atoms with E-state index in [0.717, 1.165) is 34.6 Å². The molecule has 4 aromatic carbocycles. The summed E-state index contributed by atoms with van der Waals surface area (Å²) in [6, 6.07) is 33.1. The van der Waals surface area contributed by atoms with Gasteiger partial charge < -0.3 is 0 Å². The molecule has 5 rings (SSSR count). The van der Waals surface area contributed by atoms with E-state index in [1.54, 1.807) is 12.1 Å². The van der Waals surface area contributed by atoms with Crippen molar-refractivity contribution >= 4 is 47.0 Å². The fourth-order valence-corrected chi connectivity index (χ4v) is 10.2. The van der Waals surface area contributed by atoms with Crippen LogP contribution in [0.1, 0.15) is 46.9 Å². The summed E-state index contributed by atoms with van der Waals surface area (Å²) >= 11 is 12.6. The molecule has 218 valence electrons. The van der Waals surface area contributed by atoms with Gasteiger partial charge in [0.2, 0.25) is 0 Å². The minimum absolute atomic E-state index is 0.0422. The van der Waals surface area contributed by atoms with E-state index in [0.29, 0.717) is 16.7 Å². The average Bonchev–Trinajstić information content (AvgIpc) is 2.96. The highest BCUT2D eigenvalue weighted by Gasteiger charge is 2.47. The van der Waals surface area contributed by atoms with Gasteiger partial charge in [0.1, 0.15) is 0 Å². The Morgan fingerprint density at radius 3 is 1.83 bits per heavy atom. The quantitative estimate of drug-likeness (QED) is 0.150. The molecule has 7 heteroatoms. The second-order valence-corrected chi connectivity index (χ2v) is 20.5. The van der Waals surface area contributed by atoms with Crippen molar-refractivity contribution in [1.29, 1.82) is 0 Å². The summed E-state index contributed by atoms with van der Waals surface area (Å²) in [4.78, 5) is 0.212. The molecule has 0 aliphatic heterocycles. The van der Waals surface area contributed by atoms with Gasteiger partial charge in [-0.3, -0.25) is 0 Å². The van der Waals surface area contributed by atoms with E-state index in [4.69, 9.17) is 27.6 Å². The molecule has 0 aromatic heterocycles. The van der Waals surface area contributed by atoms with Gasteiger partial charge in [-0.2, -0.15) is 12.8 Å². The first-order valence-electron chi connectivity index (χ1n) is 14.4. The molecule has 0 bridgehead atoms. The third-order valence-electron chi connectivity index (χ3n) is 8.62. The van der Waals surface area contributed by atoms with Gasteiger partial charge in [0.15, 0.2) is 0 Å². The van der Waals surface area contributed by atoms with Crippen molar-refractivity contribution < 1.29 is 8.42 Å². The molecule has 1 aliphatic rings. The van der Waals surface area contributed by atoms with Crippen LogP contribution in [0.4, 0.5) is 0 Å². The van der Waals surface area contributed by atoms with Crippen molar-refractivity contribution in [3.8, 4) is 0 Å². The third-order valence-corrected chi connectivity index (χ3v) is 13.2. The molecule has 4 atom stereocenters. The molecular weight excluding hydrogens is 597 g/mol. The molecular formula is C35H37Cl2NO2SSi. The zero-order chi connectivity index (χ0) is 30.1. The van der Waals surface area contributed by atoms with Crippen LogP contribution in [0, 0.1) is 12.8 Å². The minimum atomic E-state index is -3.96. The molecule has 42 heavy (non-hydrogen) atoms. The third kappa shape index (κ3) is 6.91. The Labute approximate surface area is 261 Å². The SMILES string of the molecule is Cc1ccc(S(=O)(=O)/N=C(\c2ccccc2)[C@H]2[C@@H](c3ccc(Cl)cc3)C[C@@H](c3ccc(Cl)cc3)C[C@@H]2[Si](C)(C)C)cc1. The van der Waals surface area contributed by atoms with E-state index >= 15 is 0 Å². The number of hydrogen-bond acceptors (Lipinski definition) is 2. The fraction of sp³-hybridized carbons (Fsp3) is 0.286. The summed E-state index contributed by atoms with van der Waals surface area (Å²) in [5.41, 5.74) is 5.19. The van der Waals surface area contributed by atoms with E-state index in [-0.39, 0.29) is 22.3 Å². The summed E-state index contributed by atoms with van der Waals surface area (Å²) in [6.45, 7) is 9.13. The van der Waals surface area contributed by atoms with Crippen LogP contribution in [0.15, 0.2) is 112 Å². The summed E-state index contributed by atoms with van der Waals surface area (Å²) in [5, 5.41) is 1.41. The van der Waals surface area contributed by atoms with Crippen molar-refractivity contribution in [2.45, 2.75) is 61.7 Å². The smallest absolute Gasteiger partial charge is 0.199 e. The molecule has 0 amide bonds. The van der Waals surface area contributed by atoms with Gasteiger partial charge in [0.25, 0.3) is 10.0 Å². The summed E-state index contributed by atoms with van der Waals surface area (Å²) < 4.78 is 32.6. The van der Waals surface area contributed by atoms with Crippen molar-refractivity contribution in [1.82, 2.24) is 0 Å². The van der Waals surface area contributed by atoms with E-state index in [9.17, 15) is 8.42 Å². The number of hydrogen-bond donors (Lipinski definition) is 0. The Hall–Kier alpha value is -2.70. The second kappa shape index (κ2) is 12.5. The number of sulfonamides is 1. The first kappa shape index (κ1) is 30.7. The van der Waals surface area contributed by atoms with Gasteiger partial charge in [-0.05, 0) is 90.2 Å². The first-order valence-corrected chi connectivity index (χ1v) is 20.2. The molecule has 0 unspecified atom stereocenters. The lowest BCUT2D eigenvalue weighted by atomic mass is 9.66. The van der Waals surface area contributed by atoms with E-state index < -0.39 is 18.1 Å². The highest BCUT2D eigenvalue weighted by atomic mass is 35.5. The highest BCUT2D eigenvalue weighted by Crippen LogP contribution is 2.55. The van der Waals surface area contributed by atoms with Crippen LogP contribution >= 0.6 is 23.2 Å². The predicted octanol–water partition coefficient (Wildman–Crippen LogP) is 10.2. The maximum atomic E-state index is 13.9. The molecule has 3 nitrogen and oxygen atoms in total. The number of nitrogens with zero attached hydrogens (tertiary/aromatic N) is 1. The fourth-order valence-electron chi connectivity index (χ4n) is 6.42. The summed E-state index contributed by atoms with van der Waals surface area (Å²) in [6.07, 6.45) is 1.83. The number of halogens is 2. The highest BCUT2D eigenvalue weighted by molar-refractivity contribution is 7.90. The summed E-state index contributed by atoms with van der Waals surface area (Å²) in [7, 11) is -5.83. The van der Waals surface area contributed by atoms with Crippen LogP contribution in [0.2, 0.25) is 35.2 Å². The number of aryl methyl sites for hydroxylation is 1. The molecule has 1 saturated carbocycles. The van der Waals surface area contributed by atoms with Crippen molar-refractivity contribution in [2.24, 2.45) is 10.3 Å². The molecule has 0 radical (unpaired) electrons. The molecule has 4 aromatic rings. The lowest BCUT2D eigenvalue weighted by Crippen LogP contribution is -2.44. The van der Waals surface area contributed by atoms with Crippen LogP contribution in [0.3, 0.4) is 0 Å². The Balaban J connectivity index is 1.73. The molecule has 1 fully saturated rings. The van der Waals surface area contributed by atoms with E-state index in [1.165, 1.54) is 5.56 Å². The second-order valence-electron chi connectivity index (χ2n) is 12.5. The monoisotopic (exact) mass is 633 g/mol. The van der Waals surface area contributed by atoms with Gasteiger partial charge in [-0.1, -0.05) is 115 Å². The van der Waals surface area contributed by atoms with Gasteiger partial charge in [-0.15, -0.1) is 0 Å². The normalized spacial score (nSPS) is 21.7. The van der Waals surface area contributed by atoms with Crippen molar-refractivity contribution in [3.05, 3.63) is 135 Å². The van der Waals surface area contributed by atoms with Gasteiger partial charge in [-0.25, -0.2) is 0 Å². The maximum absolute atomic E-state index is 13.9. The molecule has 0 saturated heterocycles. The number of benzene rings is 4. The van der Waals surface area contributed by atoms with E-state index in [2.05, 4.69) is 43.9 Å². The Bertz CT molecular complexity index is 1650. The Morgan fingerprint density at radius 2 is 1.29 bits per heavy atom. The van der Waals surface area contributed by atoms with Gasteiger partial charge in [0.05, 0.1) is 10.6 Å². The van der Waals surface area contributed by atoms with Crippen LogP contribution < -0.4 is 0 Å². The van der Waals surface area contributed by atoms with Crippen molar-refractivity contribution in [2.75, 3.05) is 0 Å². The topological polar surface area (TPSA) is 46.5 Å². The first-order chi connectivity index (χ1) is 19.9. The van der Waals surface area contributed by atoms with Crippen LogP contribution in [-0.4, -0.2) is 22.2 Å². The molecule has 0 N–H and O–H groups in total. The predicted molar refractivity (Wildman–Crippen MR) is 180 cm³/mol. The lowest BCUT2D eigenvalue weighted by molar-refractivity contribution is 0.336. The van der Waals surface area contributed by atoms with Crippen LogP contribution in [0.5, 0.6) is 0 Å². The minimum Gasteiger partial charge on any atom is -0.199 e. The average molecular weight is 635 g/mol. The molecule has 0 spiro atoms. The van der Waals surface area contributed by atoms with Crippen molar-refractivity contribution in [3.63, 3.8) is 0 Å². The Kier molecular flexibility index (Phi) is 9.15. The molecule has 1 aliphatic carbocycles. The van der Waals surface area contributed by atoms with E-state index in [1.807, 2.05) is 73.7 Å². The standard InChI is InChI=1S/C35H37Cl2NO2SSi/c1-24-10-20-31(21-11-24)41(39,40)38-35(27-8-6-5-7-9-27)34-32(26-14-18-30(37)19-15-26)22-28(23-33(34)42(2,3)4)25-12-16-29(36)17-13-25/h5-21,28,32-34H,22-23H2,1-4H3/b38-35+/t28-,32-,33+,34+/m1/s1. The molecule has 0 heterocycles. The van der Waals surface area contributed by atoms with Gasteiger partial charge in [0, 0.05) is 24.0 Å². The van der Waals surface area contributed by atoms with Crippen LogP contribution in [0.25, 0.3) is 0 Å². The van der Waals surface area contributed by atoms with Crippen LogP contribution in [-0.2, 0) is 10.0 Å². The zero-order valence-corrected chi connectivity index (χ0v) is 27.8. The Morgan fingerprint density at radius 1 is 0.738 bits per heavy atom. The lowest BCUT2D eigenvalue weighted by Gasteiger charge is -2.48.